The summed E-state index contributed by atoms with van der Waals surface area (Å²) in [6.45, 7) is 5.59. The Bertz CT molecular complexity index is 214. The second-order valence-corrected chi connectivity index (χ2v) is 5.38. The van der Waals surface area contributed by atoms with E-state index in [1.807, 2.05) is 0 Å². The van der Waals surface area contributed by atoms with Crippen LogP contribution in [0.2, 0.25) is 0 Å². The zero-order valence-electron chi connectivity index (χ0n) is 10.2. The zero-order chi connectivity index (χ0) is 11.5. The molecule has 3 N–H and O–H groups in total. The van der Waals surface area contributed by atoms with Crippen molar-refractivity contribution in [3.63, 3.8) is 0 Å². The van der Waals surface area contributed by atoms with Gasteiger partial charge in [-0.05, 0) is 39.5 Å². The molecule has 0 spiro atoms. The van der Waals surface area contributed by atoms with Crippen LogP contribution in [0.1, 0.15) is 52.9 Å². The van der Waals surface area contributed by atoms with Crippen LogP contribution in [-0.2, 0) is 4.79 Å². The van der Waals surface area contributed by atoms with Crippen LogP contribution in [0.15, 0.2) is 0 Å². The van der Waals surface area contributed by atoms with Crippen molar-refractivity contribution in [2.45, 2.75) is 64.5 Å². The average Bonchev–Trinajstić information content (AvgIpc) is 2.17. The van der Waals surface area contributed by atoms with Gasteiger partial charge in [0.2, 0.25) is 5.91 Å². The molecule has 1 amide bonds. The molecule has 1 aliphatic carbocycles. The Morgan fingerprint density at radius 1 is 1.33 bits per heavy atom. The van der Waals surface area contributed by atoms with Crippen molar-refractivity contribution in [1.29, 1.82) is 0 Å². The second kappa shape index (κ2) is 4.97. The normalized spacial score (nSPS) is 21.1. The molecule has 0 aliphatic heterocycles. The third-order valence-corrected chi connectivity index (χ3v) is 3.30. The number of carbonyl (C=O) groups excluding carboxylic acids is 1. The Labute approximate surface area is 92.8 Å². The van der Waals surface area contributed by atoms with Gasteiger partial charge in [-0.15, -0.1) is 0 Å². The van der Waals surface area contributed by atoms with Crippen molar-refractivity contribution < 1.29 is 4.79 Å². The van der Waals surface area contributed by atoms with Gasteiger partial charge >= 0.3 is 0 Å². The number of hydrogen-bond acceptors (Lipinski definition) is 2. The van der Waals surface area contributed by atoms with E-state index in [0.29, 0.717) is 5.92 Å². The molecule has 0 aromatic carbocycles. The lowest BCUT2D eigenvalue weighted by atomic mass is 9.84. The fourth-order valence-electron chi connectivity index (χ4n) is 2.14. The Balaban J connectivity index is 2.40. The van der Waals surface area contributed by atoms with Gasteiger partial charge in [0.05, 0.1) is 5.54 Å². The van der Waals surface area contributed by atoms with Crippen molar-refractivity contribution >= 4 is 5.91 Å². The van der Waals surface area contributed by atoms with Gasteiger partial charge in [-0.3, -0.25) is 4.79 Å². The Hall–Kier alpha value is -0.570. The molecular weight excluding hydrogens is 188 g/mol. The molecule has 1 aliphatic rings. The first-order valence-corrected chi connectivity index (χ1v) is 6.01. The topological polar surface area (TPSA) is 55.1 Å². The van der Waals surface area contributed by atoms with Gasteiger partial charge in [0.1, 0.15) is 0 Å². The third-order valence-electron chi connectivity index (χ3n) is 3.30. The molecule has 88 valence electrons. The van der Waals surface area contributed by atoms with Crippen molar-refractivity contribution in [2.24, 2.45) is 11.7 Å². The van der Waals surface area contributed by atoms with Crippen LogP contribution in [0.25, 0.3) is 0 Å². The lowest BCUT2D eigenvalue weighted by Crippen LogP contribution is -2.53. The second-order valence-electron chi connectivity index (χ2n) is 5.38. The molecular formula is C12H24N2O. The molecule has 0 aromatic rings. The number of rotatable bonds is 3. The molecule has 0 unspecified atom stereocenters. The SMILES string of the molecule is C[C@@H](NC(=O)C(C)(C)N)C1CCCCC1. The van der Waals surface area contributed by atoms with E-state index in [1.54, 1.807) is 13.8 Å². The Morgan fingerprint density at radius 2 is 1.87 bits per heavy atom. The van der Waals surface area contributed by atoms with Crippen molar-refractivity contribution in [3.05, 3.63) is 0 Å². The maximum Gasteiger partial charge on any atom is 0.239 e. The first-order chi connectivity index (χ1) is 6.91. The minimum Gasteiger partial charge on any atom is -0.352 e. The summed E-state index contributed by atoms with van der Waals surface area (Å²) in [4.78, 5) is 11.7. The monoisotopic (exact) mass is 212 g/mol. The van der Waals surface area contributed by atoms with Crippen LogP contribution in [-0.4, -0.2) is 17.5 Å². The molecule has 1 fully saturated rings. The first kappa shape index (κ1) is 12.5. The fourth-order valence-corrected chi connectivity index (χ4v) is 2.14. The minimum atomic E-state index is -0.761. The van der Waals surface area contributed by atoms with Crippen LogP contribution >= 0.6 is 0 Å². The average molecular weight is 212 g/mol. The van der Waals surface area contributed by atoms with E-state index in [0.717, 1.165) is 0 Å². The first-order valence-electron chi connectivity index (χ1n) is 6.01. The summed E-state index contributed by atoms with van der Waals surface area (Å²) in [7, 11) is 0. The summed E-state index contributed by atoms with van der Waals surface area (Å²) in [5.41, 5.74) is 4.98. The highest BCUT2D eigenvalue weighted by Gasteiger charge is 2.27. The van der Waals surface area contributed by atoms with Gasteiger partial charge in [0.25, 0.3) is 0 Å². The van der Waals surface area contributed by atoms with E-state index in [9.17, 15) is 4.79 Å². The van der Waals surface area contributed by atoms with Crippen LogP contribution in [0.3, 0.4) is 0 Å². The van der Waals surface area contributed by atoms with Crippen molar-refractivity contribution in [1.82, 2.24) is 5.32 Å². The molecule has 0 saturated heterocycles. The predicted molar refractivity (Wildman–Crippen MR) is 62.4 cm³/mol. The highest BCUT2D eigenvalue weighted by atomic mass is 16.2. The van der Waals surface area contributed by atoms with Gasteiger partial charge in [-0.25, -0.2) is 0 Å². The van der Waals surface area contributed by atoms with E-state index in [1.165, 1.54) is 32.1 Å². The van der Waals surface area contributed by atoms with E-state index in [4.69, 9.17) is 5.73 Å². The molecule has 1 saturated carbocycles. The van der Waals surface area contributed by atoms with Crippen LogP contribution in [0, 0.1) is 5.92 Å². The molecule has 0 heterocycles. The number of hydrogen-bond donors (Lipinski definition) is 2. The molecule has 0 radical (unpaired) electrons. The number of amides is 1. The van der Waals surface area contributed by atoms with E-state index in [-0.39, 0.29) is 11.9 Å². The van der Waals surface area contributed by atoms with Crippen LogP contribution in [0.5, 0.6) is 0 Å². The molecule has 3 heteroatoms. The third kappa shape index (κ3) is 3.82. The summed E-state index contributed by atoms with van der Waals surface area (Å²) in [5, 5.41) is 3.03. The van der Waals surface area contributed by atoms with Gasteiger partial charge in [-0.1, -0.05) is 19.3 Å². The molecule has 3 nitrogen and oxygen atoms in total. The zero-order valence-corrected chi connectivity index (χ0v) is 10.2. The van der Waals surface area contributed by atoms with E-state index >= 15 is 0 Å². The van der Waals surface area contributed by atoms with Gasteiger partial charge in [0, 0.05) is 6.04 Å². The van der Waals surface area contributed by atoms with Gasteiger partial charge in [-0.2, -0.15) is 0 Å². The Kier molecular flexibility index (Phi) is 4.14. The number of carbonyl (C=O) groups is 1. The highest BCUT2D eigenvalue weighted by molar-refractivity contribution is 5.85. The maximum absolute atomic E-state index is 11.7. The molecule has 15 heavy (non-hydrogen) atoms. The summed E-state index contributed by atoms with van der Waals surface area (Å²) >= 11 is 0. The van der Waals surface area contributed by atoms with E-state index < -0.39 is 5.54 Å². The fraction of sp³-hybridized carbons (Fsp3) is 0.917. The Morgan fingerprint density at radius 3 is 2.33 bits per heavy atom. The smallest absolute Gasteiger partial charge is 0.239 e. The largest absolute Gasteiger partial charge is 0.352 e. The van der Waals surface area contributed by atoms with E-state index in [2.05, 4.69) is 12.2 Å². The quantitative estimate of drug-likeness (QED) is 0.749. The number of nitrogens with one attached hydrogen (secondary N) is 1. The molecule has 0 bridgehead atoms. The highest BCUT2D eigenvalue weighted by Crippen LogP contribution is 2.26. The van der Waals surface area contributed by atoms with Crippen LogP contribution in [0.4, 0.5) is 0 Å². The summed E-state index contributed by atoms with van der Waals surface area (Å²) in [6.07, 6.45) is 6.44. The standard InChI is InChI=1S/C12H24N2O/c1-9(10-7-5-4-6-8-10)14-11(15)12(2,3)13/h9-10H,4-8,13H2,1-3H3,(H,14,15)/t9-/m1/s1. The predicted octanol–water partition coefficient (Wildman–Crippen LogP) is 1.81. The summed E-state index contributed by atoms with van der Waals surface area (Å²) in [6, 6.07) is 0.264. The molecule has 1 rings (SSSR count). The van der Waals surface area contributed by atoms with Crippen LogP contribution < -0.4 is 11.1 Å². The summed E-state index contributed by atoms with van der Waals surface area (Å²) < 4.78 is 0. The number of nitrogens with two attached hydrogens (primary N) is 1. The lowest BCUT2D eigenvalue weighted by molar-refractivity contribution is -0.126. The minimum absolute atomic E-state index is 0.0411. The van der Waals surface area contributed by atoms with Gasteiger partial charge in [0.15, 0.2) is 0 Å². The molecule has 1 atom stereocenters. The maximum atomic E-state index is 11.7. The van der Waals surface area contributed by atoms with Gasteiger partial charge < -0.3 is 11.1 Å². The molecule has 0 aromatic heterocycles. The summed E-state index contributed by atoms with van der Waals surface area (Å²) in [5.74, 6) is 0.602. The van der Waals surface area contributed by atoms with Crippen molar-refractivity contribution in [2.75, 3.05) is 0 Å². The lowest BCUT2D eigenvalue weighted by Gasteiger charge is -2.30. The van der Waals surface area contributed by atoms with Crippen molar-refractivity contribution in [3.8, 4) is 0 Å².